The molecule has 0 aliphatic heterocycles. The Morgan fingerprint density at radius 2 is 2.06 bits per heavy atom. The highest BCUT2D eigenvalue weighted by atomic mass is 35.5. The Balaban J connectivity index is 1.80. The normalized spacial score (nSPS) is 16.9. The number of benzene rings is 1. The Kier molecular flexibility index (Phi) is 4.19. The summed E-state index contributed by atoms with van der Waals surface area (Å²) in [6, 6.07) is 4.85. The summed E-state index contributed by atoms with van der Waals surface area (Å²) in [5.74, 6) is 0.571. The van der Waals surface area contributed by atoms with E-state index in [1.807, 2.05) is 0 Å². The lowest BCUT2D eigenvalue weighted by Gasteiger charge is -2.11. The monoisotopic (exact) mass is 241 g/mol. The molecule has 1 aromatic rings. The Labute approximate surface area is 101 Å². The van der Waals surface area contributed by atoms with E-state index in [1.54, 1.807) is 12.1 Å². The second-order valence-electron chi connectivity index (χ2n) is 4.52. The van der Waals surface area contributed by atoms with Crippen molar-refractivity contribution >= 4 is 11.6 Å². The molecule has 0 atom stereocenters. The predicted molar refractivity (Wildman–Crippen MR) is 65.1 cm³/mol. The number of rotatable bonds is 4. The van der Waals surface area contributed by atoms with Crippen molar-refractivity contribution in [1.29, 1.82) is 0 Å². The lowest BCUT2D eigenvalue weighted by atomic mass is 10.1. The molecule has 0 heterocycles. The second kappa shape index (κ2) is 5.65. The van der Waals surface area contributed by atoms with E-state index in [0.717, 1.165) is 12.5 Å². The van der Waals surface area contributed by atoms with E-state index in [0.29, 0.717) is 17.1 Å². The van der Waals surface area contributed by atoms with Gasteiger partial charge in [-0.3, -0.25) is 0 Å². The largest absolute Gasteiger partial charge is 0.312 e. The van der Waals surface area contributed by atoms with Crippen LogP contribution in [0.1, 0.15) is 31.2 Å². The molecule has 0 saturated heterocycles. The number of hydrogen-bond donors (Lipinski definition) is 1. The summed E-state index contributed by atoms with van der Waals surface area (Å²) in [4.78, 5) is 0. The molecule has 2 rings (SSSR count). The lowest BCUT2D eigenvalue weighted by Crippen LogP contribution is -2.21. The van der Waals surface area contributed by atoms with Crippen molar-refractivity contribution in [3.63, 3.8) is 0 Å². The topological polar surface area (TPSA) is 12.0 Å². The van der Waals surface area contributed by atoms with Gasteiger partial charge in [-0.05, 0) is 37.4 Å². The predicted octanol–water partition coefficient (Wildman–Crippen LogP) is 3.76. The van der Waals surface area contributed by atoms with E-state index < -0.39 is 0 Å². The Bertz CT molecular complexity index is 348. The summed E-state index contributed by atoms with van der Waals surface area (Å²) in [6.07, 6.45) is 5.33. The summed E-state index contributed by atoms with van der Waals surface area (Å²) < 4.78 is 13.4. The van der Waals surface area contributed by atoms with Gasteiger partial charge in [0.25, 0.3) is 0 Å². The molecule has 1 saturated carbocycles. The lowest BCUT2D eigenvalue weighted by molar-refractivity contribution is 0.483. The van der Waals surface area contributed by atoms with Crippen molar-refractivity contribution in [2.24, 2.45) is 5.92 Å². The summed E-state index contributed by atoms with van der Waals surface area (Å²) in [5.41, 5.74) is 0.697. The molecular formula is C13H17ClFN. The van der Waals surface area contributed by atoms with Crippen LogP contribution in [0.25, 0.3) is 0 Å². The number of halogens is 2. The molecule has 1 aliphatic carbocycles. The molecule has 0 radical (unpaired) electrons. The van der Waals surface area contributed by atoms with Crippen molar-refractivity contribution in [1.82, 2.24) is 5.32 Å². The van der Waals surface area contributed by atoms with Crippen LogP contribution in [0.4, 0.5) is 4.39 Å². The van der Waals surface area contributed by atoms with Crippen LogP contribution in [0.2, 0.25) is 5.02 Å². The van der Waals surface area contributed by atoms with Crippen molar-refractivity contribution < 1.29 is 4.39 Å². The maximum atomic E-state index is 13.4. The first-order valence-corrected chi connectivity index (χ1v) is 6.28. The molecule has 0 spiro atoms. The van der Waals surface area contributed by atoms with Crippen LogP contribution < -0.4 is 5.32 Å². The number of nitrogens with one attached hydrogen (secondary N) is 1. The highest BCUT2D eigenvalue weighted by Crippen LogP contribution is 2.23. The van der Waals surface area contributed by atoms with E-state index in [-0.39, 0.29) is 5.82 Å². The molecule has 16 heavy (non-hydrogen) atoms. The van der Waals surface area contributed by atoms with Crippen LogP contribution in [0.3, 0.4) is 0 Å². The van der Waals surface area contributed by atoms with Gasteiger partial charge in [0.2, 0.25) is 0 Å². The first-order chi connectivity index (χ1) is 7.75. The first-order valence-electron chi connectivity index (χ1n) is 5.90. The standard InChI is InChI=1S/C13H17ClFN/c14-12-6-5-11(13(15)7-12)9-16-8-10-3-1-2-4-10/h5-7,10,16H,1-4,8-9H2. The van der Waals surface area contributed by atoms with Gasteiger partial charge in [0.05, 0.1) is 0 Å². The van der Waals surface area contributed by atoms with Gasteiger partial charge >= 0.3 is 0 Å². The van der Waals surface area contributed by atoms with Crippen LogP contribution in [-0.4, -0.2) is 6.54 Å². The van der Waals surface area contributed by atoms with E-state index in [1.165, 1.54) is 31.7 Å². The number of hydrogen-bond acceptors (Lipinski definition) is 1. The molecule has 1 nitrogen and oxygen atoms in total. The Morgan fingerprint density at radius 3 is 2.75 bits per heavy atom. The van der Waals surface area contributed by atoms with Crippen molar-refractivity contribution in [2.45, 2.75) is 32.2 Å². The molecule has 0 bridgehead atoms. The zero-order valence-electron chi connectivity index (χ0n) is 9.31. The molecule has 1 N–H and O–H groups in total. The van der Waals surface area contributed by atoms with Gasteiger partial charge in [0.15, 0.2) is 0 Å². The molecule has 0 unspecified atom stereocenters. The van der Waals surface area contributed by atoms with Gasteiger partial charge in [-0.15, -0.1) is 0 Å². The molecule has 3 heteroatoms. The molecule has 1 fully saturated rings. The van der Waals surface area contributed by atoms with Crippen molar-refractivity contribution in [2.75, 3.05) is 6.54 Å². The summed E-state index contributed by atoms with van der Waals surface area (Å²) >= 11 is 5.69. The smallest absolute Gasteiger partial charge is 0.129 e. The Hall–Kier alpha value is -0.600. The second-order valence-corrected chi connectivity index (χ2v) is 4.95. The molecule has 0 aromatic heterocycles. The summed E-state index contributed by atoms with van der Waals surface area (Å²) in [6.45, 7) is 1.60. The highest BCUT2D eigenvalue weighted by Gasteiger charge is 2.14. The maximum Gasteiger partial charge on any atom is 0.129 e. The third-order valence-electron chi connectivity index (χ3n) is 3.24. The minimum Gasteiger partial charge on any atom is -0.312 e. The van der Waals surface area contributed by atoms with Crippen LogP contribution in [0, 0.1) is 11.7 Å². The zero-order chi connectivity index (χ0) is 11.4. The molecule has 0 amide bonds. The van der Waals surface area contributed by atoms with E-state index in [9.17, 15) is 4.39 Å². The average molecular weight is 242 g/mol. The van der Waals surface area contributed by atoms with Crippen LogP contribution >= 0.6 is 11.6 Å². The van der Waals surface area contributed by atoms with Crippen molar-refractivity contribution in [3.8, 4) is 0 Å². The van der Waals surface area contributed by atoms with E-state index >= 15 is 0 Å². The van der Waals surface area contributed by atoms with Gasteiger partial charge in [0.1, 0.15) is 5.82 Å². The van der Waals surface area contributed by atoms with Gasteiger partial charge < -0.3 is 5.32 Å². The fourth-order valence-corrected chi connectivity index (χ4v) is 2.45. The molecule has 1 aromatic carbocycles. The summed E-state index contributed by atoms with van der Waals surface area (Å²) in [5, 5.41) is 3.78. The van der Waals surface area contributed by atoms with Gasteiger partial charge in [0, 0.05) is 17.1 Å². The van der Waals surface area contributed by atoms with Crippen LogP contribution in [0.5, 0.6) is 0 Å². The maximum absolute atomic E-state index is 13.4. The van der Waals surface area contributed by atoms with Gasteiger partial charge in [-0.1, -0.05) is 30.5 Å². The van der Waals surface area contributed by atoms with Crippen LogP contribution in [-0.2, 0) is 6.54 Å². The van der Waals surface area contributed by atoms with Gasteiger partial charge in [-0.25, -0.2) is 4.39 Å². The van der Waals surface area contributed by atoms with Gasteiger partial charge in [-0.2, -0.15) is 0 Å². The van der Waals surface area contributed by atoms with E-state index in [4.69, 9.17) is 11.6 Å². The Morgan fingerprint density at radius 1 is 1.31 bits per heavy atom. The molecule has 88 valence electrons. The fraction of sp³-hybridized carbons (Fsp3) is 0.538. The fourth-order valence-electron chi connectivity index (χ4n) is 2.29. The van der Waals surface area contributed by atoms with Crippen LogP contribution in [0.15, 0.2) is 18.2 Å². The third-order valence-corrected chi connectivity index (χ3v) is 3.47. The third kappa shape index (κ3) is 3.19. The van der Waals surface area contributed by atoms with Crippen molar-refractivity contribution in [3.05, 3.63) is 34.6 Å². The molecular weight excluding hydrogens is 225 g/mol. The van der Waals surface area contributed by atoms with E-state index in [2.05, 4.69) is 5.32 Å². The summed E-state index contributed by atoms with van der Waals surface area (Å²) in [7, 11) is 0. The quantitative estimate of drug-likeness (QED) is 0.847. The zero-order valence-corrected chi connectivity index (χ0v) is 10.1. The molecule has 1 aliphatic rings. The average Bonchev–Trinajstić information content (AvgIpc) is 2.74. The minimum atomic E-state index is -0.216. The first kappa shape index (κ1) is 11.9. The SMILES string of the molecule is Fc1cc(Cl)ccc1CNCC1CCCC1. The minimum absolute atomic E-state index is 0.216. The highest BCUT2D eigenvalue weighted by molar-refractivity contribution is 6.30.